The number of thioether (sulfide) groups is 1. The van der Waals surface area contributed by atoms with Gasteiger partial charge in [-0.05, 0) is 50.1 Å². The molecule has 1 aliphatic carbocycles. The van der Waals surface area contributed by atoms with E-state index in [-0.39, 0.29) is 22.5 Å². The number of aliphatic hydroxyl groups excluding tert-OH is 1. The van der Waals surface area contributed by atoms with Gasteiger partial charge in [0.1, 0.15) is 11.8 Å². The molecule has 3 rings (SSSR count). The van der Waals surface area contributed by atoms with Crippen molar-refractivity contribution in [3.05, 3.63) is 66.2 Å². The topological polar surface area (TPSA) is 104 Å². The first kappa shape index (κ1) is 28.4. The monoisotopic (exact) mass is 532 g/mol. The summed E-state index contributed by atoms with van der Waals surface area (Å²) in [4.78, 5) is 26.4. The van der Waals surface area contributed by atoms with Gasteiger partial charge < -0.3 is 10.4 Å². The van der Waals surface area contributed by atoms with Crippen LogP contribution >= 0.6 is 11.8 Å². The van der Waals surface area contributed by atoms with Crippen molar-refractivity contribution in [3.8, 4) is 0 Å². The molecule has 0 bridgehead atoms. The summed E-state index contributed by atoms with van der Waals surface area (Å²) < 4.78 is 28.3. The summed E-state index contributed by atoms with van der Waals surface area (Å²) in [5, 5.41) is 14.0. The smallest absolute Gasteiger partial charge is 0.244 e. The Balaban J connectivity index is 1.85. The molecule has 0 aliphatic heterocycles. The zero-order valence-electron chi connectivity index (χ0n) is 21.4. The number of carbonyl (C=O) groups is 2. The third kappa shape index (κ3) is 6.19. The van der Waals surface area contributed by atoms with E-state index in [0.717, 1.165) is 5.56 Å². The van der Waals surface area contributed by atoms with Crippen molar-refractivity contribution in [2.75, 3.05) is 12.1 Å². The summed E-state index contributed by atoms with van der Waals surface area (Å²) in [7, 11) is -3.95. The van der Waals surface area contributed by atoms with Gasteiger partial charge in [0, 0.05) is 0 Å². The number of amides is 1. The number of carbonyl (C=O) groups excluding carboxylic acids is 2. The van der Waals surface area contributed by atoms with Gasteiger partial charge in [0.2, 0.25) is 15.9 Å². The summed E-state index contributed by atoms with van der Waals surface area (Å²) in [5.41, 5.74) is -0.316. The van der Waals surface area contributed by atoms with Crippen molar-refractivity contribution in [2.24, 2.45) is 11.8 Å². The number of hydrogen-bond donors (Lipinski definition) is 2. The molecule has 1 aliphatic rings. The summed E-state index contributed by atoms with van der Waals surface area (Å²) >= 11 is 1.31. The maximum Gasteiger partial charge on any atom is 0.244 e. The van der Waals surface area contributed by atoms with E-state index in [1.165, 1.54) is 28.2 Å². The highest BCUT2D eigenvalue weighted by molar-refractivity contribution is 7.99. The lowest BCUT2D eigenvalue weighted by Gasteiger charge is -2.36. The predicted octanol–water partition coefficient (Wildman–Crippen LogP) is 3.65. The molecule has 36 heavy (non-hydrogen) atoms. The van der Waals surface area contributed by atoms with Crippen molar-refractivity contribution in [3.63, 3.8) is 0 Å². The Morgan fingerprint density at radius 3 is 2.17 bits per heavy atom. The highest BCUT2D eigenvalue weighted by atomic mass is 32.2. The zero-order chi connectivity index (χ0) is 26.7. The molecule has 0 saturated heterocycles. The fourth-order valence-corrected chi connectivity index (χ4v) is 7.13. The number of hydrogen-bond acceptors (Lipinski definition) is 6. The van der Waals surface area contributed by atoms with Crippen LogP contribution in [0.4, 0.5) is 0 Å². The highest BCUT2D eigenvalue weighted by Gasteiger charge is 2.58. The summed E-state index contributed by atoms with van der Waals surface area (Å²) in [5.74, 6) is -1.45. The molecular weight excluding hydrogens is 496 g/mol. The van der Waals surface area contributed by atoms with Gasteiger partial charge in [-0.25, -0.2) is 8.42 Å². The maximum atomic E-state index is 13.6. The molecule has 9 heteroatoms. The molecule has 2 aromatic rings. The van der Waals surface area contributed by atoms with Gasteiger partial charge in [-0.2, -0.15) is 4.31 Å². The Bertz CT molecular complexity index is 1150. The van der Waals surface area contributed by atoms with Gasteiger partial charge in [-0.3, -0.25) is 9.59 Å². The lowest BCUT2D eigenvalue weighted by molar-refractivity contribution is -0.129. The molecule has 196 valence electrons. The van der Waals surface area contributed by atoms with Crippen LogP contribution in [0.3, 0.4) is 0 Å². The van der Waals surface area contributed by atoms with Crippen molar-refractivity contribution in [1.29, 1.82) is 0 Å². The Hall–Kier alpha value is -2.20. The summed E-state index contributed by atoms with van der Waals surface area (Å²) in [6.07, 6.45) is 0.965. The Kier molecular flexibility index (Phi) is 9.03. The minimum Gasteiger partial charge on any atom is -0.390 e. The van der Waals surface area contributed by atoms with E-state index in [9.17, 15) is 23.1 Å². The molecule has 0 aromatic heterocycles. The molecule has 4 atom stereocenters. The predicted molar refractivity (Wildman–Crippen MR) is 143 cm³/mol. The molecule has 7 nitrogen and oxygen atoms in total. The lowest BCUT2D eigenvalue weighted by atomic mass is 9.90. The first-order chi connectivity index (χ1) is 16.9. The van der Waals surface area contributed by atoms with Crippen LogP contribution in [0.1, 0.15) is 45.6 Å². The molecule has 2 aromatic carbocycles. The molecule has 0 heterocycles. The van der Waals surface area contributed by atoms with Crippen LogP contribution in [-0.2, 0) is 19.6 Å². The highest BCUT2D eigenvalue weighted by Crippen LogP contribution is 2.47. The number of sulfonamides is 1. The van der Waals surface area contributed by atoms with Crippen LogP contribution in [0.2, 0.25) is 0 Å². The molecule has 1 saturated carbocycles. The number of nitrogens with zero attached hydrogens (tertiary/aromatic N) is 1. The van der Waals surface area contributed by atoms with Crippen molar-refractivity contribution < 1.29 is 23.1 Å². The number of benzene rings is 2. The Morgan fingerprint density at radius 1 is 1.08 bits per heavy atom. The van der Waals surface area contributed by atoms with Crippen LogP contribution in [0.5, 0.6) is 0 Å². The average molecular weight is 533 g/mol. The van der Waals surface area contributed by atoms with Crippen LogP contribution in [0.15, 0.2) is 65.6 Å². The molecule has 0 radical (unpaired) electrons. The third-order valence-electron chi connectivity index (χ3n) is 6.52. The average Bonchev–Trinajstić information content (AvgIpc) is 3.51. The molecule has 1 fully saturated rings. The van der Waals surface area contributed by atoms with Crippen LogP contribution in [-0.4, -0.2) is 59.3 Å². The summed E-state index contributed by atoms with van der Waals surface area (Å²) in [6, 6.07) is 16.4. The zero-order valence-corrected chi connectivity index (χ0v) is 23.1. The van der Waals surface area contributed by atoms with E-state index >= 15 is 0 Å². The van der Waals surface area contributed by atoms with Gasteiger partial charge in [-0.15, -0.1) is 11.8 Å². The number of Topliss-reactive ketones (excluding diaryl/α,β-unsaturated/α-hetero) is 1. The minimum atomic E-state index is -3.95. The molecule has 0 spiro atoms. The van der Waals surface area contributed by atoms with Crippen molar-refractivity contribution in [1.82, 2.24) is 9.62 Å². The molecule has 1 amide bonds. The molecule has 2 N–H and O–H groups in total. The van der Waals surface area contributed by atoms with Gasteiger partial charge >= 0.3 is 0 Å². The lowest BCUT2D eigenvalue weighted by Crippen LogP contribution is -2.59. The Labute approximate surface area is 218 Å². The first-order valence-electron chi connectivity index (χ1n) is 12.1. The van der Waals surface area contributed by atoms with Gasteiger partial charge in [-0.1, -0.05) is 62.4 Å². The van der Waals surface area contributed by atoms with Crippen LogP contribution in [0.25, 0.3) is 0 Å². The Morgan fingerprint density at radius 2 is 1.64 bits per heavy atom. The number of ketones is 1. The van der Waals surface area contributed by atoms with Crippen molar-refractivity contribution >= 4 is 33.5 Å². The van der Waals surface area contributed by atoms with E-state index in [0.29, 0.717) is 6.42 Å². The van der Waals surface area contributed by atoms with E-state index in [1.807, 2.05) is 44.2 Å². The van der Waals surface area contributed by atoms with E-state index in [4.69, 9.17) is 0 Å². The molecular formula is C27H36N2O5S2. The third-order valence-corrected chi connectivity index (χ3v) is 9.09. The van der Waals surface area contributed by atoms with Crippen molar-refractivity contribution in [2.45, 2.75) is 62.6 Å². The van der Waals surface area contributed by atoms with Gasteiger partial charge in [0.15, 0.2) is 0 Å². The standard InChI is InChI=1S/C27H36N2O5S2/c1-18(2)16-21(29(17-35-5)36(33,34)20-14-10-7-11-15-20)26(32)28-27(3,4)25(31)23-22(24(23)30)19-12-8-6-9-13-19/h6-15,18,21-23,25,31H,16-17H2,1-5H3,(H,28,32)/t21-,22?,23?,25?/m0/s1. The van der Waals surface area contributed by atoms with Gasteiger partial charge in [0.25, 0.3) is 0 Å². The summed E-state index contributed by atoms with van der Waals surface area (Å²) in [6.45, 7) is 7.19. The molecule has 3 unspecified atom stereocenters. The number of aliphatic hydroxyl groups is 1. The minimum absolute atomic E-state index is 0.0385. The fourth-order valence-electron chi connectivity index (χ4n) is 4.54. The van der Waals surface area contributed by atoms with E-state index < -0.39 is 45.5 Å². The second-order valence-electron chi connectivity index (χ2n) is 10.2. The normalized spacial score (nSPS) is 19.8. The van der Waals surface area contributed by atoms with E-state index in [1.54, 1.807) is 38.3 Å². The quantitative estimate of drug-likeness (QED) is 0.405. The number of rotatable bonds is 12. The van der Waals surface area contributed by atoms with Crippen LogP contribution < -0.4 is 5.32 Å². The number of nitrogens with one attached hydrogen (secondary N) is 1. The second kappa shape index (κ2) is 11.5. The maximum absolute atomic E-state index is 13.6. The van der Waals surface area contributed by atoms with Gasteiger partial charge in [0.05, 0.1) is 34.3 Å². The van der Waals surface area contributed by atoms with E-state index in [2.05, 4.69) is 5.32 Å². The fraction of sp³-hybridized carbons (Fsp3) is 0.481. The first-order valence-corrected chi connectivity index (χ1v) is 14.9. The second-order valence-corrected chi connectivity index (χ2v) is 13.0. The van der Waals surface area contributed by atoms with Crippen LogP contribution in [0, 0.1) is 11.8 Å². The SMILES string of the molecule is CSCN([C@@H](CC(C)C)C(=O)NC(C)(C)C(O)C1C(=O)C1c1ccccc1)S(=O)(=O)c1ccccc1. The largest absolute Gasteiger partial charge is 0.390 e.